The molecule has 2 aromatic heterocycles. The molecule has 0 aliphatic rings. The largest absolute Gasteiger partial charge is 0.355 e. The summed E-state index contributed by atoms with van der Waals surface area (Å²) in [6.45, 7) is 1.74. The maximum absolute atomic E-state index is 13.0. The molecule has 3 rings (SSSR count). The van der Waals surface area contributed by atoms with E-state index < -0.39 is 5.91 Å². The van der Waals surface area contributed by atoms with Crippen LogP contribution >= 0.6 is 23.2 Å². The average Bonchev–Trinajstić information content (AvgIpc) is 3.10. The Morgan fingerprint density at radius 2 is 1.97 bits per heavy atom. The smallest absolute Gasteiger partial charge is 0.274 e. The van der Waals surface area contributed by atoms with Crippen LogP contribution < -0.4 is 10.6 Å². The lowest BCUT2D eigenvalue weighted by molar-refractivity contribution is 0.0964. The van der Waals surface area contributed by atoms with E-state index in [-0.39, 0.29) is 28.1 Å². The fraction of sp³-hybridized carbons (Fsp3) is 0.100. The molecule has 0 unspecified atom stereocenters. The van der Waals surface area contributed by atoms with Crippen molar-refractivity contribution in [1.29, 1.82) is 0 Å². The highest BCUT2D eigenvalue weighted by Crippen LogP contribution is 2.26. The normalized spacial score (nSPS) is 10.3. The number of anilines is 1. The number of aryl methyl sites for hydroxylation is 1. The first-order valence-corrected chi connectivity index (χ1v) is 9.12. The lowest BCUT2D eigenvalue weighted by atomic mass is 10.0. The van der Waals surface area contributed by atoms with Crippen LogP contribution in [-0.4, -0.2) is 33.6 Å². The molecule has 1 aromatic carbocycles. The Hall–Kier alpha value is -3.34. The van der Waals surface area contributed by atoms with Gasteiger partial charge in [-0.3, -0.25) is 9.59 Å². The number of benzene rings is 1. The highest BCUT2D eigenvalue weighted by Gasteiger charge is 2.22. The molecule has 0 aliphatic heterocycles. The average molecular weight is 428 g/mol. The summed E-state index contributed by atoms with van der Waals surface area (Å²) in [7, 11) is 1.49. The number of nitrogens with zero attached hydrogens (tertiary/aromatic N) is 3. The molecule has 0 spiro atoms. The Bertz CT molecular complexity index is 1160. The molecule has 29 heavy (non-hydrogen) atoms. The van der Waals surface area contributed by atoms with Gasteiger partial charge in [0.25, 0.3) is 11.8 Å². The van der Waals surface area contributed by atoms with E-state index >= 15 is 0 Å². The molecule has 0 radical (unpaired) electrons. The van der Waals surface area contributed by atoms with Gasteiger partial charge < -0.3 is 10.6 Å². The summed E-state index contributed by atoms with van der Waals surface area (Å²) in [5.74, 6) is 1.80. The molecule has 0 saturated heterocycles. The van der Waals surface area contributed by atoms with Crippen LogP contribution in [0.25, 0.3) is 5.82 Å². The molecule has 146 valence electrons. The Morgan fingerprint density at radius 1 is 1.21 bits per heavy atom. The molecule has 0 atom stereocenters. The van der Waals surface area contributed by atoms with Crippen LogP contribution in [0.15, 0.2) is 36.5 Å². The number of hydrogen-bond donors (Lipinski definition) is 2. The van der Waals surface area contributed by atoms with Crippen molar-refractivity contribution in [3.63, 3.8) is 0 Å². The third kappa shape index (κ3) is 4.09. The lowest BCUT2D eigenvalue weighted by Gasteiger charge is -2.15. The summed E-state index contributed by atoms with van der Waals surface area (Å²) >= 11 is 12.2. The van der Waals surface area contributed by atoms with Crippen molar-refractivity contribution in [1.82, 2.24) is 20.1 Å². The molecule has 0 aliphatic carbocycles. The lowest BCUT2D eigenvalue weighted by Crippen LogP contribution is -2.24. The second kappa shape index (κ2) is 8.35. The van der Waals surface area contributed by atoms with Crippen LogP contribution in [0.3, 0.4) is 0 Å². The van der Waals surface area contributed by atoms with Gasteiger partial charge in [-0.1, -0.05) is 29.1 Å². The first kappa shape index (κ1) is 20.4. The van der Waals surface area contributed by atoms with Gasteiger partial charge in [0.1, 0.15) is 5.69 Å². The Balaban J connectivity index is 2.06. The van der Waals surface area contributed by atoms with E-state index in [4.69, 9.17) is 29.6 Å². The van der Waals surface area contributed by atoms with Crippen molar-refractivity contribution < 1.29 is 9.59 Å². The van der Waals surface area contributed by atoms with Gasteiger partial charge in [-0.2, -0.15) is 5.10 Å². The monoisotopic (exact) mass is 427 g/mol. The molecule has 2 heterocycles. The van der Waals surface area contributed by atoms with Gasteiger partial charge in [-0.25, -0.2) is 9.67 Å². The number of rotatable bonds is 4. The minimum atomic E-state index is -0.548. The van der Waals surface area contributed by atoms with Crippen molar-refractivity contribution in [2.75, 3.05) is 12.4 Å². The summed E-state index contributed by atoms with van der Waals surface area (Å²) in [5, 5.41) is 9.76. The van der Waals surface area contributed by atoms with Gasteiger partial charge in [0.05, 0.1) is 16.3 Å². The van der Waals surface area contributed by atoms with Crippen LogP contribution in [-0.2, 0) is 0 Å². The Labute approximate surface area is 177 Å². The summed E-state index contributed by atoms with van der Waals surface area (Å²) in [6.07, 6.45) is 6.98. The van der Waals surface area contributed by atoms with Crippen molar-refractivity contribution in [3.05, 3.63) is 69.1 Å². The topological polar surface area (TPSA) is 88.9 Å². The summed E-state index contributed by atoms with van der Waals surface area (Å²) < 4.78 is 1.24. The number of carbonyl (C=O) groups excluding carboxylic acids is 2. The highest BCUT2D eigenvalue weighted by molar-refractivity contribution is 6.32. The van der Waals surface area contributed by atoms with Crippen molar-refractivity contribution in [2.45, 2.75) is 6.92 Å². The van der Waals surface area contributed by atoms with Crippen LogP contribution in [0.2, 0.25) is 10.2 Å². The molecule has 7 nitrogen and oxygen atoms in total. The third-order valence-electron chi connectivity index (χ3n) is 4.06. The summed E-state index contributed by atoms with van der Waals surface area (Å²) in [5.41, 5.74) is 1.80. The molecule has 0 bridgehead atoms. The van der Waals surface area contributed by atoms with E-state index in [1.165, 1.54) is 30.1 Å². The Kier molecular flexibility index (Phi) is 5.87. The maximum Gasteiger partial charge on any atom is 0.274 e. The second-order valence-corrected chi connectivity index (χ2v) is 6.76. The quantitative estimate of drug-likeness (QED) is 0.623. The zero-order valence-corrected chi connectivity index (χ0v) is 17.0. The summed E-state index contributed by atoms with van der Waals surface area (Å²) in [4.78, 5) is 29.5. The standard InChI is InChI=1S/C20H15Cl2N5O2/c1-4-12-8-11(2)17(13(9-12)19(28)23-3)25-20(29)15-10-16(22)26-27(15)18-14(21)6-5-7-24-18/h1,5-10H,2-3H3,(H,23,28)(H,25,29). The number of aromatic nitrogens is 3. The SMILES string of the molecule is C#Cc1cc(C)c(NC(=O)c2cc(Cl)nn2-c2ncccc2Cl)c(C(=O)NC)c1. The van der Waals surface area contributed by atoms with Gasteiger partial charge in [0, 0.05) is 24.9 Å². The van der Waals surface area contributed by atoms with Crippen LogP contribution in [0.4, 0.5) is 5.69 Å². The van der Waals surface area contributed by atoms with Crippen LogP contribution in [0.5, 0.6) is 0 Å². The number of carbonyl (C=O) groups is 2. The van der Waals surface area contributed by atoms with E-state index in [1.807, 2.05) is 0 Å². The van der Waals surface area contributed by atoms with E-state index in [0.29, 0.717) is 21.8 Å². The van der Waals surface area contributed by atoms with E-state index in [1.54, 1.807) is 25.1 Å². The van der Waals surface area contributed by atoms with Gasteiger partial charge in [0.15, 0.2) is 11.0 Å². The molecular formula is C20H15Cl2N5O2. The molecule has 3 aromatic rings. The van der Waals surface area contributed by atoms with Crippen LogP contribution in [0.1, 0.15) is 32.0 Å². The zero-order valence-electron chi connectivity index (χ0n) is 15.5. The number of pyridine rings is 1. The first-order valence-electron chi connectivity index (χ1n) is 8.36. The first-order chi connectivity index (χ1) is 13.8. The molecular weight excluding hydrogens is 413 g/mol. The van der Waals surface area contributed by atoms with E-state index in [9.17, 15) is 9.59 Å². The zero-order chi connectivity index (χ0) is 21.1. The van der Waals surface area contributed by atoms with Crippen LogP contribution in [0, 0.1) is 19.3 Å². The van der Waals surface area contributed by atoms with Crippen molar-refractivity contribution in [3.8, 4) is 18.2 Å². The molecule has 0 saturated carbocycles. The van der Waals surface area contributed by atoms with Crippen molar-refractivity contribution in [2.24, 2.45) is 0 Å². The summed E-state index contributed by atoms with van der Waals surface area (Å²) in [6, 6.07) is 7.88. The minimum absolute atomic E-state index is 0.0859. The van der Waals surface area contributed by atoms with Crippen molar-refractivity contribution >= 4 is 40.7 Å². The van der Waals surface area contributed by atoms with Gasteiger partial charge in [-0.05, 0) is 36.8 Å². The number of terminal acetylenes is 1. The third-order valence-corrected chi connectivity index (χ3v) is 4.54. The number of hydrogen-bond acceptors (Lipinski definition) is 4. The van der Waals surface area contributed by atoms with Gasteiger partial charge in [-0.15, -0.1) is 6.42 Å². The predicted molar refractivity (Wildman–Crippen MR) is 112 cm³/mol. The molecule has 9 heteroatoms. The molecule has 0 fully saturated rings. The fourth-order valence-electron chi connectivity index (χ4n) is 2.74. The highest BCUT2D eigenvalue weighted by atomic mass is 35.5. The van der Waals surface area contributed by atoms with E-state index in [0.717, 1.165) is 0 Å². The van der Waals surface area contributed by atoms with E-state index in [2.05, 4.69) is 26.6 Å². The Morgan fingerprint density at radius 3 is 2.62 bits per heavy atom. The minimum Gasteiger partial charge on any atom is -0.355 e. The fourth-order valence-corrected chi connectivity index (χ4v) is 3.12. The number of amides is 2. The van der Waals surface area contributed by atoms with Gasteiger partial charge in [0.2, 0.25) is 0 Å². The number of halogens is 2. The second-order valence-electron chi connectivity index (χ2n) is 5.97. The maximum atomic E-state index is 13.0. The predicted octanol–water partition coefficient (Wildman–Crippen LogP) is 3.48. The van der Waals surface area contributed by atoms with Gasteiger partial charge >= 0.3 is 0 Å². The molecule has 2 amide bonds. The number of nitrogens with one attached hydrogen (secondary N) is 2. The molecule has 2 N–H and O–H groups in total.